The van der Waals surface area contributed by atoms with E-state index in [9.17, 15) is 4.79 Å². The molecular formula is C18H22ClN3O4S. The molecule has 1 aromatic heterocycles. The molecule has 0 fully saturated rings. The number of aromatic nitrogens is 1. The molecule has 146 valence electrons. The quantitative estimate of drug-likeness (QED) is 0.359. The van der Waals surface area contributed by atoms with Crippen LogP contribution in [0.4, 0.5) is 5.13 Å². The number of thiazole rings is 1. The molecule has 0 atom stereocenters. The maximum absolute atomic E-state index is 11.3. The number of carbonyl (C=O) groups excluding carboxylic acids is 1. The van der Waals surface area contributed by atoms with Crippen LogP contribution in [0, 0.1) is 0 Å². The number of hydrogen-bond acceptors (Lipinski definition) is 8. The second-order valence-electron chi connectivity index (χ2n) is 5.38. The van der Waals surface area contributed by atoms with E-state index in [0.717, 1.165) is 12.0 Å². The van der Waals surface area contributed by atoms with Gasteiger partial charge in [0.1, 0.15) is 0 Å². The lowest BCUT2D eigenvalue weighted by Gasteiger charge is -2.13. The van der Waals surface area contributed by atoms with Crippen molar-refractivity contribution in [1.29, 1.82) is 0 Å². The van der Waals surface area contributed by atoms with Crippen LogP contribution in [-0.4, -0.2) is 37.5 Å². The Hall–Kier alpha value is -2.32. The Morgan fingerprint density at radius 3 is 2.89 bits per heavy atom. The summed E-state index contributed by atoms with van der Waals surface area (Å²) >= 11 is 7.67. The zero-order valence-corrected chi connectivity index (χ0v) is 17.0. The van der Waals surface area contributed by atoms with Gasteiger partial charge in [-0.2, -0.15) is 5.10 Å². The van der Waals surface area contributed by atoms with Gasteiger partial charge in [-0.1, -0.05) is 18.5 Å². The topological polar surface area (TPSA) is 82.0 Å². The number of hydrogen-bond donors (Lipinski definition) is 1. The van der Waals surface area contributed by atoms with Gasteiger partial charge in [-0.05, 0) is 31.0 Å². The minimum Gasteiger partial charge on any atom is -0.490 e. The van der Waals surface area contributed by atoms with Gasteiger partial charge in [0.2, 0.25) is 5.13 Å². The average Bonchev–Trinajstić information content (AvgIpc) is 3.08. The number of hydrazone groups is 1. The fourth-order valence-corrected chi connectivity index (χ4v) is 3.02. The van der Waals surface area contributed by atoms with Crippen molar-refractivity contribution in [1.82, 2.24) is 4.98 Å². The summed E-state index contributed by atoms with van der Waals surface area (Å²) in [4.78, 5) is 15.5. The van der Waals surface area contributed by atoms with Crippen LogP contribution in [0.3, 0.4) is 0 Å². The van der Waals surface area contributed by atoms with Gasteiger partial charge >= 0.3 is 5.97 Å². The van der Waals surface area contributed by atoms with Crippen molar-refractivity contribution in [2.24, 2.45) is 5.10 Å². The van der Waals surface area contributed by atoms with Crippen molar-refractivity contribution in [3.05, 3.63) is 33.8 Å². The molecule has 0 radical (unpaired) electrons. The first-order valence-electron chi connectivity index (χ1n) is 8.46. The summed E-state index contributed by atoms with van der Waals surface area (Å²) in [6, 6.07) is 3.57. The van der Waals surface area contributed by atoms with Gasteiger partial charge < -0.3 is 14.2 Å². The third-order valence-electron chi connectivity index (χ3n) is 3.26. The lowest BCUT2D eigenvalue weighted by Crippen LogP contribution is -2.04. The Kier molecular flexibility index (Phi) is 8.35. The summed E-state index contributed by atoms with van der Waals surface area (Å²) in [5.41, 5.74) is 4.22. The summed E-state index contributed by atoms with van der Waals surface area (Å²) in [5, 5.41) is 6.97. The normalized spacial score (nSPS) is 10.8. The van der Waals surface area contributed by atoms with E-state index in [2.05, 4.69) is 20.2 Å². The largest absolute Gasteiger partial charge is 0.490 e. The zero-order chi connectivity index (χ0) is 19.6. The lowest BCUT2D eigenvalue weighted by molar-refractivity contribution is -0.139. The molecule has 0 aliphatic rings. The van der Waals surface area contributed by atoms with Crippen molar-refractivity contribution in [3.63, 3.8) is 0 Å². The van der Waals surface area contributed by atoms with E-state index in [0.29, 0.717) is 40.6 Å². The maximum atomic E-state index is 11.3. The number of halogens is 1. The van der Waals surface area contributed by atoms with Crippen LogP contribution in [0.5, 0.6) is 11.5 Å². The van der Waals surface area contributed by atoms with Crippen LogP contribution in [0.2, 0.25) is 5.02 Å². The summed E-state index contributed by atoms with van der Waals surface area (Å²) in [5.74, 6) is 0.784. The van der Waals surface area contributed by atoms with Crippen molar-refractivity contribution in [2.45, 2.75) is 26.7 Å². The number of methoxy groups -OCH3 is 1. The second kappa shape index (κ2) is 10.7. The molecular weight excluding hydrogens is 390 g/mol. The average molecular weight is 412 g/mol. The van der Waals surface area contributed by atoms with E-state index in [1.54, 1.807) is 17.7 Å². The summed E-state index contributed by atoms with van der Waals surface area (Å²) in [7, 11) is 1.35. The first-order valence-corrected chi connectivity index (χ1v) is 9.72. The van der Waals surface area contributed by atoms with Crippen LogP contribution in [0.1, 0.15) is 31.5 Å². The molecule has 0 amide bonds. The molecule has 0 spiro atoms. The molecule has 1 N–H and O–H groups in total. The Morgan fingerprint density at radius 2 is 2.19 bits per heavy atom. The highest BCUT2D eigenvalue weighted by molar-refractivity contribution is 7.13. The Balaban J connectivity index is 2.06. The molecule has 2 aromatic rings. The van der Waals surface area contributed by atoms with E-state index in [-0.39, 0.29) is 12.4 Å². The monoisotopic (exact) mass is 411 g/mol. The standard InChI is InChI=1S/C18H22ClN3O4S/c1-4-6-26-17-14(19)7-12(8-15(17)25-5-2)10-20-22-18-21-13(11-27-18)9-16(23)24-3/h7-8,10-11H,4-6,9H2,1-3H3,(H,21,22)/b20-10-. The first-order chi connectivity index (χ1) is 13.1. The number of ether oxygens (including phenoxy) is 3. The molecule has 2 rings (SSSR count). The molecule has 0 aliphatic heterocycles. The van der Waals surface area contributed by atoms with Gasteiger partial charge in [-0.3, -0.25) is 10.2 Å². The van der Waals surface area contributed by atoms with E-state index >= 15 is 0 Å². The Labute approximate surface area is 167 Å². The Bertz CT molecular complexity index is 795. The first kappa shape index (κ1) is 21.0. The van der Waals surface area contributed by atoms with Gasteiger partial charge in [0.15, 0.2) is 11.5 Å². The highest BCUT2D eigenvalue weighted by atomic mass is 35.5. The number of benzene rings is 1. The number of nitrogens with zero attached hydrogens (tertiary/aromatic N) is 2. The van der Waals surface area contributed by atoms with Gasteiger partial charge in [0, 0.05) is 5.38 Å². The highest BCUT2D eigenvalue weighted by Crippen LogP contribution is 2.36. The van der Waals surface area contributed by atoms with Crippen LogP contribution in [-0.2, 0) is 16.0 Å². The number of carbonyl (C=O) groups is 1. The molecule has 1 heterocycles. The van der Waals surface area contributed by atoms with Gasteiger partial charge in [0.05, 0.1) is 43.7 Å². The van der Waals surface area contributed by atoms with E-state index in [1.165, 1.54) is 18.4 Å². The maximum Gasteiger partial charge on any atom is 0.311 e. The van der Waals surface area contributed by atoms with E-state index in [4.69, 9.17) is 21.1 Å². The fraction of sp³-hybridized carbons (Fsp3) is 0.389. The van der Waals surface area contributed by atoms with Crippen molar-refractivity contribution < 1.29 is 19.0 Å². The Morgan fingerprint density at radius 1 is 1.37 bits per heavy atom. The lowest BCUT2D eigenvalue weighted by atomic mass is 10.2. The fourth-order valence-electron chi connectivity index (χ4n) is 2.09. The van der Waals surface area contributed by atoms with Crippen molar-refractivity contribution >= 4 is 40.3 Å². The highest BCUT2D eigenvalue weighted by Gasteiger charge is 2.12. The molecule has 0 unspecified atom stereocenters. The number of esters is 1. The summed E-state index contributed by atoms with van der Waals surface area (Å²) in [6.45, 7) is 4.98. The van der Waals surface area contributed by atoms with Gasteiger partial charge in [-0.25, -0.2) is 4.98 Å². The predicted octanol–water partition coefficient (Wildman–Crippen LogP) is 4.15. The molecule has 7 nitrogen and oxygen atoms in total. The number of nitrogens with one attached hydrogen (secondary N) is 1. The SMILES string of the molecule is CCCOc1c(Cl)cc(/C=N\Nc2nc(CC(=O)OC)cs2)cc1OCC. The second-order valence-corrected chi connectivity index (χ2v) is 6.64. The number of anilines is 1. The molecule has 9 heteroatoms. The molecule has 1 aromatic carbocycles. The molecule has 27 heavy (non-hydrogen) atoms. The molecule has 0 saturated heterocycles. The summed E-state index contributed by atoms with van der Waals surface area (Å²) < 4.78 is 15.9. The minimum absolute atomic E-state index is 0.130. The van der Waals surface area contributed by atoms with Crippen LogP contribution < -0.4 is 14.9 Å². The summed E-state index contributed by atoms with van der Waals surface area (Å²) in [6.07, 6.45) is 2.62. The van der Waals surface area contributed by atoms with Crippen LogP contribution >= 0.6 is 22.9 Å². The van der Waals surface area contributed by atoms with Crippen LogP contribution in [0.25, 0.3) is 0 Å². The molecule has 0 bridgehead atoms. The van der Waals surface area contributed by atoms with E-state index < -0.39 is 0 Å². The van der Waals surface area contributed by atoms with Crippen molar-refractivity contribution in [2.75, 3.05) is 25.7 Å². The smallest absolute Gasteiger partial charge is 0.311 e. The van der Waals surface area contributed by atoms with Crippen molar-refractivity contribution in [3.8, 4) is 11.5 Å². The minimum atomic E-state index is -0.334. The predicted molar refractivity (Wildman–Crippen MR) is 107 cm³/mol. The zero-order valence-electron chi connectivity index (χ0n) is 15.5. The van der Waals surface area contributed by atoms with Gasteiger partial charge in [0.25, 0.3) is 0 Å². The number of rotatable bonds is 10. The molecule has 0 aliphatic carbocycles. The third-order valence-corrected chi connectivity index (χ3v) is 4.34. The van der Waals surface area contributed by atoms with Gasteiger partial charge in [-0.15, -0.1) is 11.3 Å². The van der Waals surface area contributed by atoms with E-state index in [1.807, 2.05) is 19.9 Å². The molecule has 0 saturated carbocycles. The third kappa shape index (κ3) is 6.41. The van der Waals surface area contributed by atoms with Crippen LogP contribution in [0.15, 0.2) is 22.6 Å².